The van der Waals surface area contributed by atoms with Crippen molar-refractivity contribution < 1.29 is 14.5 Å². The molecule has 7 nitrogen and oxygen atoms in total. The van der Waals surface area contributed by atoms with Gasteiger partial charge >= 0.3 is 0 Å². The van der Waals surface area contributed by atoms with Crippen molar-refractivity contribution >= 4 is 28.2 Å². The van der Waals surface area contributed by atoms with Crippen LogP contribution in [-0.4, -0.2) is 22.9 Å². The fraction of sp³-hybridized carbons (Fsp3) is 0.0833. The van der Waals surface area contributed by atoms with Gasteiger partial charge in [0.05, 0.1) is 28.8 Å². The number of methoxy groups -OCH3 is 1. The van der Waals surface area contributed by atoms with Crippen molar-refractivity contribution in [1.82, 2.24) is 4.98 Å². The molecule has 0 aliphatic heterocycles. The number of hydrogen-bond donors (Lipinski definition) is 1. The lowest BCUT2D eigenvalue weighted by atomic mass is 9.97. The van der Waals surface area contributed by atoms with Crippen molar-refractivity contribution in [2.45, 2.75) is 6.92 Å². The van der Waals surface area contributed by atoms with E-state index in [4.69, 9.17) is 9.72 Å². The molecule has 0 saturated carbocycles. The van der Waals surface area contributed by atoms with E-state index in [9.17, 15) is 14.9 Å². The summed E-state index contributed by atoms with van der Waals surface area (Å²) in [5.74, 6) is 0.289. The van der Waals surface area contributed by atoms with Gasteiger partial charge in [-0.1, -0.05) is 30.3 Å². The maximum absolute atomic E-state index is 13.3. The van der Waals surface area contributed by atoms with Gasteiger partial charge in [0, 0.05) is 17.0 Å². The number of aromatic nitrogens is 1. The third-order valence-corrected chi connectivity index (χ3v) is 5.08. The first-order valence-electron chi connectivity index (χ1n) is 9.58. The van der Waals surface area contributed by atoms with Crippen LogP contribution in [0.25, 0.3) is 22.2 Å². The average molecular weight is 413 g/mol. The highest BCUT2D eigenvalue weighted by molar-refractivity contribution is 6.15. The van der Waals surface area contributed by atoms with E-state index < -0.39 is 10.8 Å². The predicted molar refractivity (Wildman–Crippen MR) is 120 cm³/mol. The summed E-state index contributed by atoms with van der Waals surface area (Å²) in [7, 11) is 1.60. The molecule has 0 unspecified atom stereocenters. The van der Waals surface area contributed by atoms with Crippen LogP contribution in [0, 0.1) is 17.0 Å². The van der Waals surface area contributed by atoms with Gasteiger partial charge < -0.3 is 10.1 Å². The molecule has 7 heteroatoms. The number of benzene rings is 3. The van der Waals surface area contributed by atoms with Crippen LogP contribution in [0.2, 0.25) is 0 Å². The van der Waals surface area contributed by atoms with Gasteiger partial charge in [-0.2, -0.15) is 0 Å². The molecule has 1 aromatic heterocycles. The number of hydrogen-bond acceptors (Lipinski definition) is 5. The molecule has 31 heavy (non-hydrogen) atoms. The molecule has 0 saturated heterocycles. The van der Waals surface area contributed by atoms with Crippen molar-refractivity contribution in [3.8, 4) is 17.0 Å². The third-order valence-electron chi connectivity index (χ3n) is 5.08. The SMILES string of the molecule is COc1ccc(-c2nc3ccccc3c(C(=O)Nc3ccccc3[N+](=O)[O-])c2C)cc1. The fourth-order valence-electron chi connectivity index (χ4n) is 3.55. The van der Waals surface area contributed by atoms with E-state index in [0.717, 1.165) is 11.3 Å². The molecule has 0 spiro atoms. The molecule has 0 atom stereocenters. The fourth-order valence-corrected chi connectivity index (χ4v) is 3.55. The number of para-hydroxylation sites is 3. The summed E-state index contributed by atoms with van der Waals surface area (Å²) in [4.78, 5) is 28.9. The van der Waals surface area contributed by atoms with E-state index in [1.54, 1.807) is 19.2 Å². The number of amides is 1. The van der Waals surface area contributed by atoms with E-state index >= 15 is 0 Å². The Hall–Kier alpha value is -4.26. The van der Waals surface area contributed by atoms with Crippen LogP contribution < -0.4 is 10.1 Å². The van der Waals surface area contributed by atoms with E-state index in [-0.39, 0.29) is 11.4 Å². The molecule has 3 aromatic carbocycles. The summed E-state index contributed by atoms with van der Waals surface area (Å²) in [5, 5.41) is 14.7. The van der Waals surface area contributed by atoms with Crippen LogP contribution in [-0.2, 0) is 0 Å². The number of nitro groups is 1. The average Bonchev–Trinajstić information content (AvgIpc) is 2.79. The molecule has 154 valence electrons. The molecule has 1 amide bonds. The van der Waals surface area contributed by atoms with Crippen LogP contribution in [0.5, 0.6) is 5.75 Å². The molecular weight excluding hydrogens is 394 g/mol. The molecule has 4 aromatic rings. The first-order chi connectivity index (χ1) is 15.0. The number of pyridine rings is 1. The van der Waals surface area contributed by atoms with Crippen molar-refractivity contribution in [2.24, 2.45) is 0 Å². The minimum Gasteiger partial charge on any atom is -0.497 e. The lowest BCUT2D eigenvalue weighted by Crippen LogP contribution is -2.16. The maximum atomic E-state index is 13.3. The Morgan fingerprint density at radius 3 is 2.39 bits per heavy atom. The van der Waals surface area contributed by atoms with Gasteiger partial charge in [0.1, 0.15) is 11.4 Å². The van der Waals surface area contributed by atoms with Gasteiger partial charge in [-0.15, -0.1) is 0 Å². The van der Waals surface area contributed by atoms with Crippen LogP contribution in [0.15, 0.2) is 72.8 Å². The number of carbonyl (C=O) groups is 1. The predicted octanol–water partition coefficient (Wildman–Crippen LogP) is 5.38. The number of nitrogens with zero attached hydrogens (tertiary/aromatic N) is 2. The van der Waals surface area contributed by atoms with Gasteiger partial charge in [0.25, 0.3) is 11.6 Å². The Bertz CT molecular complexity index is 1300. The molecule has 0 aliphatic rings. The highest BCUT2D eigenvalue weighted by Gasteiger charge is 2.21. The van der Waals surface area contributed by atoms with Crippen molar-refractivity contribution in [3.63, 3.8) is 0 Å². The van der Waals surface area contributed by atoms with Gasteiger partial charge in [-0.3, -0.25) is 14.9 Å². The molecule has 0 radical (unpaired) electrons. The van der Waals surface area contributed by atoms with Crippen LogP contribution >= 0.6 is 0 Å². The van der Waals surface area contributed by atoms with Crippen LogP contribution in [0.4, 0.5) is 11.4 Å². The minimum absolute atomic E-state index is 0.142. The van der Waals surface area contributed by atoms with Crippen LogP contribution in [0.1, 0.15) is 15.9 Å². The van der Waals surface area contributed by atoms with E-state index in [1.165, 1.54) is 12.1 Å². The van der Waals surface area contributed by atoms with E-state index in [0.29, 0.717) is 27.7 Å². The minimum atomic E-state index is -0.518. The standard InChI is InChI=1S/C24H19N3O4/c1-15-22(24(28)26-20-9-5-6-10-21(20)27(29)30)18-7-3-4-8-19(18)25-23(15)16-11-13-17(31-2)14-12-16/h3-14H,1-2H3,(H,26,28). The van der Waals surface area contributed by atoms with E-state index in [1.807, 2.05) is 55.5 Å². The summed E-state index contributed by atoms with van der Waals surface area (Å²) in [6.07, 6.45) is 0. The Morgan fingerprint density at radius 1 is 1.00 bits per heavy atom. The Labute approximate surface area is 178 Å². The van der Waals surface area contributed by atoms with Gasteiger partial charge in [-0.25, -0.2) is 4.98 Å². The summed E-state index contributed by atoms with van der Waals surface area (Å²) < 4.78 is 5.22. The summed E-state index contributed by atoms with van der Waals surface area (Å²) in [5.41, 5.74) is 3.24. The number of nitro benzene ring substituents is 1. The summed E-state index contributed by atoms with van der Waals surface area (Å²) in [6.45, 7) is 1.83. The number of fused-ring (bicyclic) bond motifs is 1. The second kappa shape index (κ2) is 8.23. The molecular formula is C24H19N3O4. The lowest BCUT2D eigenvalue weighted by molar-refractivity contribution is -0.383. The molecule has 4 rings (SSSR count). The maximum Gasteiger partial charge on any atom is 0.292 e. The van der Waals surface area contributed by atoms with Gasteiger partial charge in [-0.05, 0) is 48.9 Å². The molecule has 0 bridgehead atoms. The van der Waals surface area contributed by atoms with Gasteiger partial charge in [0.2, 0.25) is 0 Å². The second-order valence-corrected chi connectivity index (χ2v) is 6.93. The van der Waals surface area contributed by atoms with Crippen molar-refractivity contribution in [1.29, 1.82) is 0 Å². The third kappa shape index (κ3) is 3.81. The number of ether oxygens (including phenoxy) is 1. The largest absolute Gasteiger partial charge is 0.497 e. The second-order valence-electron chi connectivity index (χ2n) is 6.93. The van der Waals surface area contributed by atoms with Crippen molar-refractivity contribution in [3.05, 3.63) is 94.0 Å². The number of carbonyl (C=O) groups excluding carboxylic acids is 1. The summed E-state index contributed by atoms with van der Waals surface area (Å²) >= 11 is 0. The zero-order valence-corrected chi connectivity index (χ0v) is 17.0. The summed E-state index contributed by atoms with van der Waals surface area (Å²) in [6, 6.07) is 20.8. The highest BCUT2D eigenvalue weighted by Crippen LogP contribution is 2.32. The first kappa shape index (κ1) is 20.0. The smallest absolute Gasteiger partial charge is 0.292 e. The molecule has 1 N–H and O–H groups in total. The quantitative estimate of drug-likeness (QED) is 0.350. The molecule has 0 fully saturated rings. The number of rotatable bonds is 5. The van der Waals surface area contributed by atoms with Crippen molar-refractivity contribution in [2.75, 3.05) is 12.4 Å². The first-order valence-corrected chi connectivity index (χ1v) is 9.58. The van der Waals surface area contributed by atoms with Crippen LogP contribution in [0.3, 0.4) is 0 Å². The monoisotopic (exact) mass is 413 g/mol. The highest BCUT2D eigenvalue weighted by atomic mass is 16.6. The normalized spacial score (nSPS) is 10.6. The molecule has 1 heterocycles. The topological polar surface area (TPSA) is 94.4 Å². The van der Waals surface area contributed by atoms with Gasteiger partial charge in [0.15, 0.2) is 0 Å². The van der Waals surface area contributed by atoms with E-state index in [2.05, 4.69) is 5.32 Å². The number of nitrogens with one attached hydrogen (secondary N) is 1. The Kier molecular flexibility index (Phi) is 5.32. The zero-order chi connectivity index (χ0) is 22.0. The number of anilines is 1. The molecule has 0 aliphatic carbocycles. The zero-order valence-electron chi connectivity index (χ0n) is 17.0. The Balaban J connectivity index is 1.86. The lowest BCUT2D eigenvalue weighted by Gasteiger charge is -2.15. The Morgan fingerprint density at radius 2 is 1.68 bits per heavy atom.